The van der Waals surface area contributed by atoms with E-state index in [9.17, 15) is 4.79 Å². The van der Waals surface area contributed by atoms with Gasteiger partial charge in [-0.15, -0.1) is 0 Å². The van der Waals surface area contributed by atoms with Gasteiger partial charge in [-0.2, -0.15) is 0 Å². The Balaban J connectivity index is 0.000000360. The third-order valence-corrected chi connectivity index (χ3v) is 1.42. The van der Waals surface area contributed by atoms with E-state index in [1.165, 1.54) is 11.8 Å². The molecule has 1 fully saturated rings. The molecule has 1 heterocycles. The first kappa shape index (κ1) is 7.53. The Labute approximate surface area is 61.3 Å². The van der Waals surface area contributed by atoms with Gasteiger partial charge in [-0.05, 0) is 0 Å². The minimum absolute atomic E-state index is 0. The molecule has 1 saturated heterocycles. The Hall–Kier alpha value is 0.534. The number of hydrogen-bond acceptors (Lipinski definition) is 2. The van der Waals surface area contributed by atoms with Crippen LogP contribution in [0.4, 0.5) is 4.79 Å². The molecule has 0 bridgehead atoms. The van der Waals surface area contributed by atoms with Crippen molar-refractivity contribution in [1.29, 1.82) is 0 Å². The molecule has 0 atom stereocenters. The van der Waals surface area contributed by atoms with E-state index in [1.54, 1.807) is 0 Å². The van der Waals surface area contributed by atoms with Gasteiger partial charge in [0.1, 0.15) is 0 Å². The second-order valence-electron chi connectivity index (χ2n) is 1.06. The summed E-state index contributed by atoms with van der Waals surface area (Å²) < 4.78 is 0. The van der Waals surface area contributed by atoms with E-state index in [0.29, 0.717) is 0 Å². The Morgan fingerprint density at radius 1 is 1.71 bits per heavy atom. The molecule has 7 heavy (non-hydrogen) atoms. The molecule has 0 saturated carbocycles. The van der Waals surface area contributed by atoms with Crippen LogP contribution in [0.25, 0.3) is 0 Å². The summed E-state index contributed by atoms with van der Waals surface area (Å²) in [6.45, 7) is 0.851. The molecule has 0 aliphatic carbocycles. The zero-order chi connectivity index (χ0) is 4.41. The molecule has 0 aromatic heterocycles. The normalized spacial score (nSPS) is 18.0. The van der Waals surface area contributed by atoms with Crippen molar-refractivity contribution in [3.63, 3.8) is 0 Å². The van der Waals surface area contributed by atoms with Crippen LogP contribution in [0.2, 0.25) is 0 Å². The van der Waals surface area contributed by atoms with E-state index in [-0.39, 0.29) is 27.0 Å². The van der Waals surface area contributed by atoms with Gasteiger partial charge in [-0.1, -0.05) is 11.8 Å². The van der Waals surface area contributed by atoms with Crippen LogP contribution in [0, 0.1) is 0 Å². The summed E-state index contributed by atoms with van der Waals surface area (Å²) in [5.41, 5.74) is 0. The van der Waals surface area contributed by atoms with Crippen LogP contribution in [0.5, 0.6) is 0 Å². The van der Waals surface area contributed by atoms with Crippen LogP contribution < -0.4 is 5.32 Å². The summed E-state index contributed by atoms with van der Waals surface area (Å²) in [7, 11) is 0. The molecule has 0 aromatic carbocycles. The zero-order valence-corrected chi connectivity index (χ0v) is 6.11. The van der Waals surface area contributed by atoms with Gasteiger partial charge in [0.05, 0.1) is 0 Å². The van der Waals surface area contributed by atoms with E-state index in [4.69, 9.17) is 0 Å². The maximum absolute atomic E-state index is 10.1. The molecule has 1 amide bonds. The van der Waals surface area contributed by atoms with Crippen molar-refractivity contribution < 1.29 is 26.5 Å². The van der Waals surface area contributed by atoms with Gasteiger partial charge >= 0.3 is 0 Å². The minimum atomic E-state index is 0. The fraction of sp³-hybridized carbons (Fsp3) is 0.667. The number of carbonyl (C=O) groups excluding carboxylic acids is 1. The van der Waals surface area contributed by atoms with Crippen molar-refractivity contribution in [3.8, 4) is 0 Å². The molecule has 4 heteroatoms. The van der Waals surface area contributed by atoms with E-state index in [2.05, 4.69) is 5.32 Å². The van der Waals surface area contributed by atoms with Gasteiger partial charge in [0.2, 0.25) is 0 Å². The molecule has 2 nitrogen and oxygen atoms in total. The molecule has 1 aliphatic rings. The maximum Gasteiger partial charge on any atom is 0.279 e. The topological polar surface area (TPSA) is 29.1 Å². The Morgan fingerprint density at radius 2 is 2.43 bits per heavy atom. The summed E-state index contributed by atoms with van der Waals surface area (Å²) in [6, 6.07) is 0. The zero-order valence-electron chi connectivity index (χ0n) is 3.73. The minimum Gasteiger partial charge on any atom is -0.346 e. The number of nitrogens with one attached hydrogen (secondary N) is 1. The van der Waals surface area contributed by atoms with Gasteiger partial charge in [-0.3, -0.25) is 4.79 Å². The Kier molecular flexibility index (Phi) is 3.79. The number of carbonyl (C=O) groups is 1. The van der Waals surface area contributed by atoms with Crippen molar-refractivity contribution in [1.82, 2.24) is 5.32 Å². The van der Waals surface area contributed by atoms with Gasteiger partial charge in [0.25, 0.3) is 5.24 Å². The smallest absolute Gasteiger partial charge is 0.279 e. The average Bonchev–Trinajstić information content (AvgIpc) is 1.86. The van der Waals surface area contributed by atoms with E-state index >= 15 is 0 Å². The van der Waals surface area contributed by atoms with Crippen LogP contribution in [-0.2, 0) is 21.7 Å². The van der Waals surface area contributed by atoms with E-state index in [0.717, 1.165) is 12.3 Å². The van der Waals surface area contributed by atoms with E-state index in [1.807, 2.05) is 0 Å². The SMILES string of the molecule is O=C1NCCS1.[Ti]. The predicted octanol–water partition coefficient (Wildman–Crippen LogP) is 0.440. The molecular weight excluding hydrogens is 146 g/mol. The van der Waals surface area contributed by atoms with E-state index < -0.39 is 0 Å². The summed E-state index contributed by atoms with van der Waals surface area (Å²) in [5.74, 6) is 0.943. The first-order chi connectivity index (χ1) is 2.89. The molecule has 0 radical (unpaired) electrons. The van der Waals surface area contributed by atoms with Crippen LogP contribution >= 0.6 is 11.8 Å². The van der Waals surface area contributed by atoms with Crippen LogP contribution in [0.3, 0.4) is 0 Å². The molecule has 1 aliphatic heterocycles. The fourth-order valence-electron chi connectivity index (χ4n) is 0.348. The van der Waals surface area contributed by atoms with Crippen LogP contribution in [-0.4, -0.2) is 17.5 Å². The van der Waals surface area contributed by atoms with Gasteiger partial charge < -0.3 is 5.32 Å². The monoisotopic (exact) mass is 151 g/mol. The number of rotatable bonds is 0. The summed E-state index contributed by atoms with van der Waals surface area (Å²) in [6.07, 6.45) is 0. The predicted molar refractivity (Wildman–Crippen MR) is 25.9 cm³/mol. The third-order valence-electron chi connectivity index (χ3n) is 0.605. The molecule has 0 aromatic rings. The van der Waals surface area contributed by atoms with Gasteiger partial charge in [-0.25, -0.2) is 0 Å². The number of thioether (sulfide) groups is 1. The maximum atomic E-state index is 10.1. The second kappa shape index (κ2) is 3.53. The van der Waals surface area contributed by atoms with Crippen molar-refractivity contribution in [2.45, 2.75) is 0 Å². The average molecular weight is 151 g/mol. The summed E-state index contributed by atoms with van der Waals surface area (Å²) in [5, 5.41) is 2.76. The molecule has 1 rings (SSSR count). The molecule has 1 N–H and O–H groups in total. The third kappa shape index (κ3) is 2.37. The largest absolute Gasteiger partial charge is 0.346 e. The second-order valence-corrected chi connectivity index (χ2v) is 2.13. The fourth-order valence-corrected chi connectivity index (χ4v) is 0.941. The quantitative estimate of drug-likeness (QED) is 0.509. The van der Waals surface area contributed by atoms with Gasteiger partial charge in [0.15, 0.2) is 0 Å². The van der Waals surface area contributed by atoms with Crippen molar-refractivity contribution in [2.75, 3.05) is 12.3 Å². The number of hydrogen-bond donors (Lipinski definition) is 1. The Bertz CT molecular complexity index is 69.3. The first-order valence-electron chi connectivity index (χ1n) is 1.80. The molecular formula is C3H5NOSTi. The van der Waals surface area contributed by atoms with Crippen molar-refractivity contribution >= 4 is 17.0 Å². The molecule has 38 valence electrons. The molecule has 0 unspecified atom stereocenters. The summed E-state index contributed by atoms with van der Waals surface area (Å²) in [4.78, 5) is 10.1. The standard InChI is InChI=1S/C3H5NOS.Ti/c5-3-4-1-2-6-3;/h1-2H2,(H,4,5);. The first-order valence-corrected chi connectivity index (χ1v) is 2.79. The summed E-state index contributed by atoms with van der Waals surface area (Å²) >= 11 is 1.35. The van der Waals surface area contributed by atoms with Crippen molar-refractivity contribution in [3.05, 3.63) is 0 Å². The van der Waals surface area contributed by atoms with Crippen LogP contribution in [0.1, 0.15) is 0 Å². The van der Waals surface area contributed by atoms with Crippen molar-refractivity contribution in [2.24, 2.45) is 0 Å². The molecule has 0 spiro atoms. The van der Waals surface area contributed by atoms with Gasteiger partial charge in [0, 0.05) is 34.0 Å². The van der Waals surface area contributed by atoms with Crippen LogP contribution in [0.15, 0.2) is 0 Å². The Morgan fingerprint density at radius 3 is 2.57 bits per heavy atom. The number of amides is 1.